The average Bonchev–Trinajstić information content (AvgIpc) is 2.51. The molecule has 1 aromatic rings. The molecule has 2 aliphatic rings. The number of carbonyl (C=O) groups excluding carboxylic acids is 2. The van der Waals surface area contributed by atoms with Crippen LogP contribution in [0.5, 0.6) is 5.75 Å². The third-order valence-corrected chi connectivity index (χ3v) is 4.81. The van der Waals surface area contributed by atoms with Gasteiger partial charge in [-0.2, -0.15) is 13.2 Å². The van der Waals surface area contributed by atoms with E-state index < -0.39 is 31.1 Å². The molecule has 0 unspecified atom stereocenters. The van der Waals surface area contributed by atoms with Crippen molar-refractivity contribution in [3.63, 3.8) is 0 Å². The van der Waals surface area contributed by atoms with Crippen molar-refractivity contribution in [2.24, 2.45) is 0 Å². The zero-order valence-electron chi connectivity index (χ0n) is 13.9. The number of ether oxygens (including phenoxy) is 1. The van der Waals surface area contributed by atoms with Crippen molar-refractivity contribution in [1.82, 2.24) is 9.80 Å². The SMILES string of the molecule is O=C1CN(C(=O)c2ccc(OC3CCC3)cc2Cl)CCN1CC(F)(F)F. The number of rotatable bonds is 4. The average molecular weight is 391 g/mol. The minimum atomic E-state index is -4.46. The molecule has 2 amide bonds. The van der Waals surface area contributed by atoms with Crippen molar-refractivity contribution in [3.05, 3.63) is 28.8 Å². The molecule has 0 spiro atoms. The molecule has 1 aliphatic heterocycles. The van der Waals surface area contributed by atoms with Gasteiger partial charge in [0.25, 0.3) is 5.91 Å². The van der Waals surface area contributed by atoms with Gasteiger partial charge in [-0.1, -0.05) is 11.6 Å². The highest BCUT2D eigenvalue weighted by Gasteiger charge is 2.36. The summed E-state index contributed by atoms with van der Waals surface area (Å²) in [5, 5.41) is 0.192. The maximum atomic E-state index is 12.6. The van der Waals surface area contributed by atoms with Gasteiger partial charge in [-0.3, -0.25) is 9.59 Å². The Labute approximate surface area is 153 Å². The molecule has 2 fully saturated rings. The van der Waals surface area contributed by atoms with Crippen LogP contribution in [0.1, 0.15) is 29.6 Å². The summed E-state index contributed by atoms with van der Waals surface area (Å²) in [6, 6.07) is 4.71. The first kappa shape index (κ1) is 18.8. The van der Waals surface area contributed by atoms with Gasteiger partial charge < -0.3 is 14.5 Å². The van der Waals surface area contributed by atoms with E-state index in [1.807, 2.05) is 0 Å². The van der Waals surface area contributed by atoms with E-state index in [4.69, 9.17) is 16.3 Å². The largest absolute Gasteiger partial charge is 0.490 e. The number of nitrogens with zero attached hydrogens (tertiary/aromatic N) is 2. The highest BCUT2D eigenvalue weighted by atomic mass is 35.5. The third kappa shape index (κ3) is 4.41. The van der Waals surface area contributed by atoms with Crippen LogP contribution in [0, 0.1) is 0 Å². The number of hydrogen-bond acceptors (Lipinski definition) is 3. The first-order chi connectivity index (χ1) is 12.2. The van der Waals surface area contributed by atoms with E-state index in [0.29, 0.717) is 10.6 Å². The van der Waals surface area contributed by atoms with Gasteiger partial charge >= 0.3 is 6.18 Å². The predicted molar refractivity (Wildman–Crippen MR) is 88.3 cm³/mol. The Morgan fingerprint density at radius 1 is 1.27 bits per heavy atom. The summed E-state index contributed by atoms with van der Waals surface area (Å²) in [5.74, 6) is -0.643. The van der Waals surface area contributed by atoms with Gasteiger partial charge in [-0.25, -0.2) is 0 Å². The summed E-state index contributed by atoms with van der Waals surface area (Å²) < 4.78 is 43.0. The lowest BCUT2D eigenvalue weighted by Crippen LogP contribution is -2.54. The molecule has 26 heavy (non-hydrogen) atoms. The Bertz CT molecular complexity index is 707. The summed E-state index contributed by atoms with van der Waals surface area (Å²) in [4.78, 5) is 26.4. The molecule has 9 heteroatoms. The number of hydrogen-bond donors (Lipinski definition) is 0. The molecule has 1 aromatic carbocycles. The van der Waals surface area contributed by atoms with Crippen molar-refractivity contribution in [2.75, 3.05) is 26.2 Å². The third-order valence-electron chi connectivity index (χ3n) is 4.50. The van der Waals surface area contributed by atoms with Crippen LogP contribution in [0.2, 0.25) is 5.02 Å². The summed E-state index contributed by atoms with van der Waals surface area (Å²) >= 11 is 6.17. The molecule has 1 saturated heterocycles. The van der Waals surface area contributed by atoms with Crippen LogP contribution in [0.15, 0.2) is 18.2 Å². The molecule has 1 heterocycles. The standard InChI is InChI=1S/C17H18ClF3N2O3/c18-14-8-12(26-11-2-1-3-11)4-5-13(14)16(25)22-6-7-23(15(24)9-22)10-17(19,20)21/h4-5,8,11H,1-3,6-7,9-10H2. The smallest absolute Gasteiger partial charge is 0.406 e. The molecule has 1 saturated carbocycles. The number of carbonyl (C=O) groups is 2. The molecule has 0 bridgehead atoms. The topological polar surface area (TPSA) is 49.9 Å². The Balaban J connectivity index is 1.63. The van der Waals surface area contributed by atoms with E-state index in [0.717, 1.165) is 19.3 Å². The quantitative estimate of drug-likeness (QED) is 0.793. The van der Waals surface area contributed by atoms with Crippen LogP contribution >= 0.6 is 11.6 Å². The molecule has 3 rings (SSSR count). The molecule has 142 valence electrons. The normalized spacial score (nSPS) is 18.7. The van der Waals surface area contributed by atoms with Gasteiger partial charge in [0.15, 0.2) is 0 Å². The number of halogens is 4. The first-order valence-electron chi connectivity index (χ1n) is 8.33. The number of benzene rings is 1. The summed E-state index contributed by atoms with van der Waals surface area (Å²) in [7, 11) is 0. The zero-order chi connectivity index (χ0) is 18.9. The van der Waals surface area contributed by atoms with E-state index in [-0.39, 0.29) is 29.8 Å². The van der Waals surface area contributed by atoms with Crippen molar-refractivity contribution in [3.8, 4) is 5.75 Å². The van der Waals surface area contributed by atoms with Crippen LogP contribution < -0.4 is 4.74 Å². The lowest BCUT2D eigenvalue weighted by Gasteiger charge is -2.34. The first-order valence-corrected chi connectivity index (χ1v) is 8.71. The van der Waals surface area contributed by atoms with Gasteiger partial charge in [0.2, 0.25) is 5.91 Å². The lowest BCUT2D eigenvalue weighted by atomic mass is 9.96. The Kier molecular flexibility index (Phi) is 5.32. The van der Waals surface area contributed by atoms with Crippen LogP contribution in [0.3, 0.4) is 0 Å². The Morgan fingerprint density at radius 3 is 2.54 bits per heavy atom. The predicted octanol–water partition coefficient (Wildman–Crippen LogP) is 3.12. The van der Waals surface area contributed by atoms with Gasteiger partial charge in [-0.05, 0) is 37.5 Å². The second-order valence-corrected chi connectivity index (χ2v) is 6.88. The molecule has 0 N–H and O–H groups in total. The van der Waals surface area contributed by atoms with Crippen LogP contribution in [-0.2, 0) is 4.79 Å². The van der Waals surface area contributed by atoms with Gasteiger partial charge in [0.05, 0.1) is 16.7 Å². The van der Waals surface area contributed by atoms with Crippen molar-refractivity contribution in [2.45, 2.75) is 31.5 Å². The van der Waals surface area contributed by atoms with Gasteiger partial charge in [-0.15, -0.1) is 0 Å². The Hall–Kier alpha value is -1.96. The van der Waals surface area contributed by atoms with E-state index in [9.17, 15) is 22.8 Å². The number of piperazine rings is 1. The molecule has 5 nitrogen and oxygen atoms in total. The molecular weight excluding hydrogens is 373 g/mol. The fourth-order valence-corrected chi connectivity index (χ4v) is 3.11. The highest BCUT2D eigenvalue weighted by Crippen LogP contribution is 2.29. The number of amides is 2. The van der Waals surface area contributed by atoms with Crippen molar-refractivity contribution in [1.29, 1.82) is 0 Å². The minimum absolute atomic E-state index is 0.0251. The summed E-state index contributed by atoms with van der Waals surface area (Å²) in [6.07, 6.45) is -1.18. The van der Waals surface area contributed by atoms with Crippen LogP contribution in [-0.4, -0.2) is 60.1 Å². The molecule has 0 aromatic heterocycles. The molecule has 0 atom stereocenters. The Morgan fingerprint density at radius 2 is 2.00 bits per heavy atom. The zero-order valence-corrected chi connectivity index (χ0v) is 14.6. The molecule has 0 radical (unpaired) electrons. The second kappa shape index (κ2) is 7.34. The van der Waals surface area contributed by atoms with E-state index in [2.05, 4.69) is 0 Å². The molecule has 1 aliphatic carbocycles. The highest BCUT2D eigenvalue weighted by molar-refractivity contribution is 6.34. The van der Waals surface area contributed by atoms with Gasteiger partial charge in [0.1, 0.15) is 18.8 Å². The van der Waals surface area contributed by atoms with Crippen LogP contribution in [0.4, 0.5) is 13.2 Å². The maximum Gasteiger partial charge on any atom is 0.406 e. The fraction of sp³-hybridized carbons (Fsp3) is 0.529. The molecular formula is C17H18ClF3N2O3. The summed E-state index contributed by atoms with van der Waals surface area (Å²) in [5.41, 5.74) is 0.199. The lowest BCUT2D eigenvalue weighted by molar-refractivity contribution is -0.164. The maximum absolute atomic E-state index is 12.6. The van der Waals surface area contributed by atoms with Crippen LogP contribution in [0.25, 0.3) is 0 Å². The van der Waals surface area contributed by atoms with Crippen molar-refractivity contribution < 1.29 is 27.5 Å². The second-order valence-electron chi connectivity index (χ2n) is 6.47. The minimum Gasteiger partial charge on any atom is -0.490 e. The van der Waals surface area contributed by atoms with Crippen molar-refractivity contribution >= 4 is 23.4 Å². The van der Waals surface area contributed by atoms with Gasteiger partial charge in [0, 0.05) is 13.1 Å². The monoisotopic (exact) mass is 390 g/mol. The fourth-order valence-electron chi connectivity index (χ4n) is 2.86. The number of alkyl halides is 3. The van der Waals surface area contributed by atoms with E-state index in [1.54, 1.807) is 12.1 Å². The van der Waals surface area contributed by atoms with E-state index >= 15 is 0 Å². The summed E-state index contributed by atoms with van der Waals surface area (Å²) in [6.45, 7) is -1.84. The van der Waals surface area contributed by atoms with E-state index in [1.165, 1.54) is 11.0 Å².